The molecule has 0 spiro atoms. The Morgan fingerprint density at radius 2 is 2.04 bits per heavy atom. The number of amides is 1. The average Bonchev–Trinajstić information content (AvgIpc) is 2.90. The van der Waals surface area contributed by atoms with Crippen LogP contribution in [0.15, 0.2) is 48.5 Å². The third-order valence-electron chi connectivity index (χ3n) is 5.11. The molecule has 2 aromatic carbocycles. The number of allylic oxidation sites excluding steroid dienone is 1. The van der Waals surface area contributed by atoms with Gasteiger partial charge in [0, 0.05) is 17.7 Å². The molecule has 0 aromatic heterocycles. The number of hydrogen-bond donors (Lipinski definition) is 1. The number of ether oxygens (including phenoxy) is 1. The van der Waals surface area contributed by atoms with Crippen molar-refractivity contribution in [2.75, 3.05) is 13.7 Å². The van der Waals surface area contributed by atoms with E-state index in [1.807, 2.05) is 24.3 Å². The molecule has 4 rings (SSSR count). The molecule has 1 aliphatic carbocycles. The maximum absolute atomic E-state index is 12.5. The normalized spacial score (nSPS) is 20.6. The van der Waals surface area contributed by atoms with Crippen molar-refractivity contribution in [3.8, 4) is 5.75 Å². The molecule has 1 unspecified atom stereocenters. The van der Waals surface area contributed by atoms with Gasteiger partial charge in [0.25, 0.3) is 5.91 Å². The molecule has 2 aliphatic rings. The maximum atomic E-state index is 12.5. The second-order valence-electron chi connectivity index (χ2n) is 6.52. The lowest BCUT2D eigenvalue weighted by molar-refractivity contribution is 0.0232. The Kier molecular flexibility index (Phi) is 4.06. The Morgan fingerprint density at radius 3 is 2.84 bits per heavy atom. The number of methoxy groups -OCH3 is 1. The van der Waals surface area contributed by atoms with Crippen molar-refractivity contribution in [1.29, 1.82) is 0 Å². The van der Waals surface area contributed by atoms with E-state index in [1.54, 1.807) is 13.2 Å². The van der Waals surface area contributed by atoms with Gasteiger partial charge in [-0.15, -0.1) is 0 Å². The number of carbonyl (C=O) groups excluding carboxylic acids is 1. The largest absolute Gasteiger partial charge is 0.497 e. The first-order valence-electron chi connectivity index (χ1n) is 8.63. The zero-order valence-corrected chi connectivity index (χ0v) is 14.2. The van der Waals surface area contributed by atoms with E-state index in [1.165, 1.54) is 21.6 Å². The number of aryl methyl sites for hydroxylation is 1. The highest BCUT2D eigenvalue weighted by atomic mass is 16.5. The molecule has 0 bridgehead atoms. The van der Waals surface area contributed by atoms with Gasteiger partial charge in [-0.05, 0) is 54.2 Å². The van der Waals surface area contributed by atoms with E-state index in [2.05, 4.69) is 18.2 Å². The Labute approximate surface area is 147 Å². The summed E-state index contributed by atoms with van der Waals surface area (Å²) in [6.07, 6.45) is 4.34. The molecule has 0 saturated heterocycles. The van der Waals surface area contributed by atoms with Crippen molar-refractivity contribution >= 4 is 11.5 Å². The second kappa shape index (κ2) is 6.37. The molecule has 0 saturated carbocycles. The lowest BCUT2D eigenvalue weighted by Crippen LogP contribution is -2.28. The van der Waals surface area contributed by atoms with E-state index in [0.717, 1.165) is 25.0 Å². The van der Waals surface area contributed by atoms with Crippen LogP contribution in [0.4, 0.5) is 0 Å². The van der Waals surface area contributed by atoms with Crippen molar-refractivity contribution in [2.45, 2.75) is 25.5 Å². The van der Waals surface area contributed by atoms with Crippen LogP contribution in [0.1, 0.15) is 46.1 Å². The summed E-state index contributed by atoms with van der Waals surface area (Å²) in [4.78, 5) is 14.1. The van der Waals surface area contributed by atoms with Gasteiger partial charge >= 0.3 is 0 Å². The van der Waals surface area contributed by atoms with Gasteiger partial charge in [0.15, 0.2) is 6.23 Å². The Morgan fingerprint density at radius 1 is 1.20 bits per heavy atom. The van der Waals surface area contributed by atoms with E-state index in [-0.39, 0.29) is 5.91 Å². The molecule has 0 radical (unpaired) electrons. The van der Waals surface area contributed by atoms with Gasteiger partial charge < -0.3 is 14.7 Å². The summed E-state index contributed by atoms with van der Waals surface area (Å²) in [5.74, 6) is 0.770. The number of hydrogen-bond acceptors (Lipinski definition) is 3. The minimum Gasteiger partial charge on any atom is -0.497 e. The van der Waals surface area contributed by atoms with Crippen LogP contribution in [-0.4, -0.2) is 29.6 Å². The van der Waals surface area contributed by atoms with Crippen LogP contribution in [0.25, 0.3) is 5.57 Å². The molecule has 1 N–H and O–H groups in total. The molecule has 25 heavy (non-hydrogen) atoms. The number of carbonyl (C=O) groups is 1. The Bertz CT molecular complexity index is 856. The molecule has 1 aliphatic heterocycles. The molecule has 4 nitrogen and oxygen atoms in total. The van der Waals surface area contributed by atoms with Crippen LogP contribution in [0.5, 0.6) is 5.75 Å². The van der Waals surface area contributed by atoms with Gasteiger partial charge in [-0.1, -0.05) is 30.3 Å². The molecule has 1 atom stereocenters. The predicted molar refractivity (Wildman–Crippen MR) is 96.3 cm³/mol. The zero-order chi connectivity index (χ0) is 17.4. The maximum Gasteiger partial charge on any atom is 0.256 e. The van der Waals surface area contributed by atoms with Gasteiger partial charge in [0.05, 0.1) is 7.11 Å². The molecule has 2 aromatic rings. The van der Waals surface area contributed by atoms with Crippen molar-refractivity contribution < 1.29 is 14.6 Å². The van der Waals surface area contributed by atoms with E-state index in [4.69, 9.17) is 4.74 Å². The third-order valence-corrected chi connectivity index (χ3v) is 5.11. The summed E-state index contributed by atoms with van der Waals surface area (Å²) in [7, 11) is 1.68. The Hall–Kier alpha value is -2.59. The number of benzene rings is 2. The highest BCUT2D eigenvalue weighted by Gasteiger charge is 2.34. The average molecular weight is 335 g/mol. The van der Waals surface area contributed by atoms with E-state index in [9.17, 15) is 9.90 Å². The molecule has 128 valence electrons. The first-order chi connectivity index (χ1) is 12.2. The van der Waals surface area contributed by atoms with Crippen molar-refractivity contribution in [3.63, 3.8) is 0 Å². The SMILES string of the molecule is COc1ccc2c(c1)CCCC2=CCN1C(=O)c2ccccc2C1O. The van der Waals surface area contributed by atoms with Crippen molar-refractivity contribution in [2.24, 2.45) is 0 Å². The molecule has 4 heteroatoms. The second-order valence-corrected chi connectivity index (χ2v) is 6.52. The summed E-state index contributed by atoms with van der Waals surface area (Å²) < 4.78 is 5.32. The predicted octanol–water partition coefficient (Wildman–Crippen LogP) is 3.56. The van der Waals surface area contributed by atoms with Crippen molar-refractivity contribution in [1.82, 2.24) is 4.90 Å². The summed E-state index contributed by atoms with van der Waals surface area (Å²) >= 11 is 0. The fourth-order valence-corrected chi connectivity index (χ4v) is 3.78. The number of rotatable bonds is 3. The van der Waals surface area contributed by atoms with Gasteiger partial charge in [0.2, 0.25) is 0 Å². The van der Waals surface area contributed by atoms with Gasteiger partial charge in [0.1, 0.15) is 5.75 Å². The third kappa shape index (κ3) is 2.72. The van der Waals surface area contributed by atoms with Gasteiger partial charge in [-0.3, -0.25) is 4.79 Å². The lowest BCUT2D eigenvalue weighted by atomic mass is 9.87. The smallest absolute Gasteiger partial charge is 0.256 e. The fraction of sp³-hybridized carbons (Fsp3) is 0.286. The van der Waals surface area contributed by atoms with E-state index < -0.39 is 6.23 Å². The Balaban J connectivity index is 1.59. The minimum atomic E-state index is -0.862. The number of aliphatic hydroxyl groups is 1. The number of nitrogens with zero attached hydrogens (tertiary/aromatic N) is 1. The van der Waals surface area contributed by atoms with Crippen LogP contribution >= 0.6 is 0 Å². The quantitative estimate of drug-likeness (QED) is 0.933. The van der Waals surface area contributed by atoms with Gasteiger partial charge in [-0.25, -0.2) is 0 Å². The van der Waals surface area contributed by atoms with E-state index >= 15 is 0 Å². The van der Waals surface area contributed by atoms with Crippen LogP contribution in [0.3, 0.4) is 0 Å². The molecular formula is C21H21NO3. The van der Waals surface area contributed by atoms with Crippen molar-refractivity contribution in [3.05, 3.63) is 70.8 Å². The fourth-order valence-electron chi connectivity index (χ4n) is 3.78. The summed E-state index contributed by atoms with van der Waals surface area (Å²) in [5, 5.41) is 10.5. The van der Waals surface area contributed by atoms with E-state index in [0.29, 0.717) is 17.7 Å². The van der Waals surface area contributed by atoms with Gasteiger partial charge in [-0.2, -0.15) is 0 Å². The minimum absolute atomic E-state index is 0.106. The first-order valence-corrected chi connectivity index (χ1v) is 8.63. The monoisotopic (exact) mass is 335 g/mol. The zero-order valence-electron chi connectivity index (χ0n) is 14.2. The highest BCUT2D eigenvalue weighted by Crippen LogP contribution is 2.35. The topological polar surface area (TPSA) is 49.8 Å². The number of fused-ring (bicyclic) bond motifs is 2. The highest BCUT2D eigenvalue weighted by molar-refractivity contribution is 5.99. The summed E-state index contributed by atoms with van der Waals surface area (Å²) in [6, 6.07) is 13.4. The van der Waals surface area contributed by atoms with Crippen LogP contribution < -0.4 is 4.74 Å². The molecule has 1 heterocycles. The van der Waals surface area contributed by atoms with Crippen LogP contribution in [0, 0.1) is 0 Å². The lowest BCUT2D eigenvalue weighted by Gasteiger charge is -2.23. The molecule has 0 fully saturated rings. The van der Waals surface area contributed by atoms with Crippen LogP contribution in [-0.2, 0) is 6.42 Å². The standard InChI is InChI=1S/C21H21NO3/c1-25-16-9-10-17-14(5-4-6-15(17)13-16)11-12-22-20(23)18-7-2-3-8-19(18)21(22)24/h2-3,7-11,13,20,23H,4-6,12H2,1H3. The van der Waals surface area contributed by atoms with Crippen LogP contribution in [0.2, 0.25) is 0 Å². The first kappa shape index (κ1) is 15.9. The summed E-state index contributed by atoms with van der Waals surface area (Å²) in [6.45, 7) is 0.412. The molecule has 1 amide bonds. The summed E-state index contributed by atoms with van der Waals surface area (Å²) in [5.41, 5.74) is 5.04. The molecular weight excluding hydrogens is 314 g/mol. The number of aliphatic hydroxyl groups excluding tert-OH is 1.